The molecule has 0 bridgehead atoms. The van der Waals surface area contributed by atoms with E-state index in [0.717, 1.165) is 57.2 Å². The molecule has 3 aliphatic rings. The minimum Gasteiger partial charge on any atom is -0.370 e. The summed E-state index contributed by atoms with van der Waals surface area (Å²) in [6, 6.07) is 6.84. The summed E-state index contributed by atoms with van der Waals surface area (Å²) in [4.78, 5) is 24.5. The quantitative estimate of drug-likeness (QED) is 0.622. The summed E-state index contributed by atoms with van der Waals surface area (Å²) in [5, 5.41) is 9.73. The molecule has 1 saturated carbocycles. The number of benzene rings is 1. The SMILES string of the molecule is N#CCC1CCN(c2c(C(=O)N3CCN(COCC4CC4)CC3)cnc3ccc(F)cc23)CC1. The molecule has 2 saturated heterocycles. The van der Waals surface area contributed by atoms with Gasteiger partial charge in [-0.3, -0.25) is 14.7 Å². The molecule has 8 heteroatoms. The molecule has 5 rings (SSSR count). The summed E-state index contributed by atoms with van der Waals surface area (Å²) in [5.74, 6) is 0.739. The van der Waals surface area contributed by atoms with Gasteiger partial charge in [0.05, 0.1) is 36.2 Å². The molecule has 34 heavy (non-hydrogen) atoms. The molecule has 1 aromatic heterocycles. The summed E-state index contributed by atoms with van der Waals surface area (Å²) >= 11 is 0. The van der Waals surface area contributed by atoms with Crippen molar-refractivity contribution < 1.29 is 13.9 Å². The fourth-order valence-corrected chi connectivity index (χ4v) is 5.02. The number of carbonyl (C=O) groups is 1. The summed E-state index contributed by atoms with van der Waals surface area (Å²) in [6.07, 6.45) is 6.55. The number of fused-ring (bicyclic) bond motifs is 1. The van der Waals surface area contributed by atoms with Gasteiger partial charge in [0.25, 0.3) is 5.91 Å². The number of hydrogen-bond acceptors (Lipinski definition) is 6. The van der Waals surface area contributed by atoms with Crippen molar-refractivity contribution >= 4 is 22.5 Å². The van der Waals surface area contributed by atoms with Crippen LogP contribution in [0.25, 0.3) is 10.9 Å². The van der Waals surface area contributed by atoms with Gasteiger partial charge in [-0.25, -0.2) is 4.39 Å². The van der Waals surface area contributed by atoms with Gasteiger partial charge >= 0.3 is 0 Å². The van der Waals surface area contributed by atoms with E-state index < -0.39 is 0 Å². The van der Waals surface area contributed by atoms with Crippen molar-refractivity contribution in [1.82, 2.24) is 14.8 Å². The van der Waals surface area contributed by atoms with E-state index in [9.17, 15) is 9.18 Å². The number of nitriles is 1. The van der Waals surface area contributed by atoms with Gasteiger partial charge in [0.1, 0.15) is 5.82 Å². The van der Waals surface area contributed by atoms with Gasteiger partial charge < -0.3 is 14.5 Å². The highest BCUT2D eigenvalue weighted by Crippen LogP contribution is 2.34. The Morgan fingerprint density at radius 2 is 1.85 bits per heavy atom. The molecule has 1 amide bonds. The Kier molecular flexibility index (Phi) is 6.93. The zero-order valence-electron chi connectivity index (χ0n) is 19.6. The first-order chi connectivity index (χ1) is 16.6. The molecular formula is C26H32FN5O2. The molecule has 0 unspecified atom stereocenters. The van der Waals surface area contributed by atoms with E-state index in [4.69, 9.17) is 10.00 Å². The van der Waals surface area contributed by atoms with Gasteiger partial charge in [0, 0.05) is 57.3 Å². The van der Waals surface area contributed by atoms with E-state index in [1.807, 2.05) is 4.90 Å². The lowest BCUT2D eigenvalue weighted by molar-refractivity contribution is -0.000178. The van der Waals surface area contributed by atoms with Crippen molar-refractivity contribution in [3.63, 3.8) is 0 Å². The minimum absolute atomic E-state index is 0.0497. The fourth-order valence-electron chi connectivity index (χ4n) is 5.02. The van der Waals surface area contributed by atoms with Crippen LogP contribution in [-0.4, -0.2) is 73.3 Å². The Hall–Kier alpha value is -2.76. The summed E-state index contributed by atoms with van der Waals surface area (Å²) < 4.78 is 20.0. The highest BCUT2D eigenvalue weighted by Gasteiger charge is 2.29. The largest absolute Gasteiger partial charge is 0.370 e. The number of halogens is 1. The van der Waals surface area contributed by atoms with E-state index in [2.05, 4.69) is 20.9 Å². The normalized spacial score (nSPS) is 20.0. The van der Waals surface area contributed by atoms with Crippen molar-refractivity contribution in [1.29, 1.82) is 5.26 Å². The molecule has 0 N–H and O–H groups in total. The van der Waals surface area contributed by atoms with Crippen LogP contribution in [0.2, 0.25) is 0 Å². The van der Waals surface area contributed by atoms with Crippen LogP contribution in [-0.2, 0) is 4.74 Å². The molecule has 1 aliphatic carbocycles. The van der Waals surface area contributed by atoms with Gasteiger partial charge in [-0.15, -0.1) is 0 Å². The number of anilines is 1. The summed E-state index contributed by atoms with van der Waals surface area (Å²) in [7, 11) is 0. The van der Waals surface area contributed by atoms with Crippen LogP contribution in [0.4, 0.5) is 10.1 Å². The van der Waals surface area contributed by atoms with Crippen LogP contribution in [0.1, 0.15) is 42.5 Å². The second-order valence-corrected chi connectivity index (χ2v) is 9.83. The number of amides is 1. The molecule has 1 aromatic carbocycles. The number of hydrogen-bond donors (Lipinski definition) is 0. The topological polar surface area (TPSA) is 72.7 Å². The first-order valence-electron chi connectivity index (χ1n) is 12.4. The highest BCUT2D eigenvalue weighted by atomic mass is 19.1. The van der Waals surface area contributed by atoms with E-state index in [1.54, 1.807) is 12.3 Å². The maximum atomic E-state index is 14.2. The molecule has 3 heterocycles. The van der Waals surface area contributed by atoms with Crippen LogP contribution in [0, 0.1) is 29.0 Å². The van der Waals surface area contributed by atoms with Crippen LogP contribution in [0.5, 0.6) is 0 Å². The van der Waals surface area contributed by atoms with Gasteiger partial charge in [0.15, 0.2) is 0 Å². The predicted molar refractivity (Wildman–Crippen MR) is 128 cm³/mol. The number of aromatic nitrogens is 1. The number of piperidine rings is 1. The number of nitrogens with zero attached hydrogens (tertiary/aromatic N) is 5. The van der Waals surface area contributed by atoms with Crippen LogP contribution >= 0.6 is 0 Å². The lowest BCUT2D eigenvalue weighted by Gasteiger charge is -2.37. The molecule has 2 aromatic rings. The number of rotatable bonds is 7. The van der Waals surface area contributed by atoms with Crippen molar-refractivity contribution in [2.75, 3.05) is 57.5 Å². The molecule has 7 nitrogen and oxygen atoms in total. The molecule has 0 atom stereocenters. The maximum absolute atomic E-state index is 14.2. The first-order valence-corrected chi connectivity index (χ1v) is 12.4. The maximum Gasteiger partial charge on any atom is 0.257 e. The van der Waals surface area contributed by atoms with Crippen molar-refractivity contribution in [2.24, 2.45) is 11.8 Å². The van der Waals surface area contributed by atoms with Gasteiger partial charge in [0.2, 0.25) is 0 Å². The third kappa shape index (κ3) is 5.16. The van der Waals surface area contributed by atoms with E-state index in [0.29, 0.717) is 48.6 Å². The highest BCUT2D eigenvalue weighted by molar-refractivity contribution is 6.07. The molecule has 0 radical (unpaired) electrons. The lowest BCUT2D eigenvalue weighted by atomic mass is 9.93. The summed E-state index contributed by atoms with van der Waals surface area (Å²) in [6.45, 7) is 5.78. The Morgan fingerprint density at radius 1 is 1.09 bits per heavy atom. The fraction of sp³-hybridized carbons (Fsp3) is 0.577. The lowest BCUT2D eigenvalue weighted by Crippen LogP contribution is -2.49. The first kappa shape index (κ1) is 23.0. The van der Waals surface area contributed by atoms with Gasteiger partial charge in [-0.05, 0) is 55.7 Å². The molecule has 180 valence electrons. The zero-order valence-corrected chi connectivity index (χ0v) is 19.6. The molecular weight excluding hydrogens is 433 g/mol. The molecule has 2 aliphatic heterocycles. The predicted octanol–water partition coefficient (Wildman–Crippen LogP) is 3.65. The average Bonchev–Trinajstić information content (AvgIpc) is 3.68. The van der Waals surface area contributed by atoms with E-state index in [1.165, 1.54) is 25.0 Å². The Labute approximate surface area is 200 Å². The molecule has 3 fully saturated rings. The van der Waals surface area contributed by atoms with Crippen LogP contribution in [0.3, 0.4) is 0 Å². The van der Waals surface area contributed by atoms with Crippen molar-refractivity contribution in [2.45, 2.75) is 32.1 Å². The smallest absolute Gasteiger partial charge is 0.257 e. The third-order valence-electron chi connectivity index (χ3n) is 7.33. The van der Waals surface area contributed by atoms with Crippen LogP contribution < -0.4 is 4.90 Å². The van der Waals surface area contributed by atoms with Crippen molar-refractivity contribution in [3.8, 4) is 6.07 Å². The second kappa shape index (κ2) is 10.2. The minimum atomic E-state index is -0.334. The Morgan fingerprint density at radius 3 is 2.56 bits per heavy atom. The Balaban J connectivity index is 1.33. The zero-order chi connectivity index (χ0) is 23.5. The number of ether oxygens (including phenoxy) is 1. The monoisotopic (exact) mass is 465 g/mol. The van der Waals surface area contributed by atoms with Gasteiger partial charge in [-0.1, -0.05) is 0 Å². The molecule has 0 spiro atoms. The standard InChI is InChI=1S/C26H32FN5O2/c27-21-3-4-24-22(15-21)25(31-9-6-19(5-8-28)7-10-31)23(16-29-24)26(33)32-13-11-30(12-14-32)18-34-17-20-1-2-20/h3-4,15-16,19-20H,1-2,5-7,9-14,17-18H2. The van der Waals surface area contributed by atoms with Crippen LogP contribution in [0.15, 0.2) is 24.4 Å². The second-order valence-electron chi connectivity index (χ2n) is 9.83. The Bertz CT molecular complexity index is 1070. The van der Waals surface area contributed by atoms with Crippen molar-refractivity contribution in [3.05, 3.63) is 35.8 Å². The third-order valence-corrected chi connectivity index (χ3v) is 7.33. The van der Waals surface area contributed by atoms with E-state index >= 15 is 0 Å². The van der Waals surface area contributed by atoms with E-state index in [-0.39, 0.29) is 11.7 Å². The summed E-state index contributed by atoms with van der Waals surface area (Å²) in [5.41, 5.74) is 2.00. The number of carbonyl (C=O) groups excluding carboxylic acids is 1. The average molecular weight is 466 g/mol. The van der Waals surface area contributed by atoms with Gasteiger partial charge in [-0.2, -0.15) is 5.26 Å². The number of pyridine rings is 1. The number of piperazine rings is 1.